The molecule has 2 aliphatic rings. The highest BCUT2D eigenvalue weighted by Gasteiger charge is 2.20. The first kappa shape index (κ1) is 18.2. The van der Waals surface area contributed by atoms with Gasteiger partial charge < -0.3 is 19.5 Å². The van der Waals surface area contributed by atoms with Gasteiger partial charge in [0.2, 0.25) is 0 Å². The standard InChI is InChI=1S/C17H30N6O2/c1-2-18-17(19-4-5-21-10-13-24-14-11-21)23-8-6-22(7-9-23)15-16-3-12-25-20-16/h3,12H,2,4-11,13-15H2,1H3,(H,18,19). The highest BCUT2D eigenvalue weighted by Crippen LogP contribution is 2.07. The Kier molecular flexibility index (Phi) is 7.08. The molecule has 0 saturated carbocycles. The van der Waals surface area contributed by atoms with Gasteiger partial charge in [0.25, 0.3) is 0 Å². The second-order valence-corrected chi connectivity index (χ2v) is 6.44. The van der Waals surface area contributed by atoms with E-state index in [2.05, 4.69) is 32.1 Å². The summed E-state index contributed by atoms with van der Waals surface area (Å²) in [7, 11) is 0. The number of ether oxygens (including phenoxy) is 1. The lowest BCUT2D eigenvalue weighted by Gasteiger charge is -2.36. The Balaban J connectivity index is 1.44. The van der Waals surface area contributed by atoms with Crippen molar-refractivity contribution in [3.8, 4) is 0 Å². The third kappa shape index (κ3) is 5.69. The molecule has 2 saturated heterocycles. The molecule has 0 spiro atoms. The van der Waals surface area contributed by atoms with Gasteiger partial charge in [-0.3, -0.25) is 14.8 Å². The lowest BCUT2D eigenvalue weighted by molar-refractivity contribution is 0.0394. The van der Waals surface area contributed by atoms with Gasteiger partial charge in [-0.1, -0.05) is 5.16 Å². The molecular formula is C17H30N6O2. The first-order chi connectivity index (χ1) is 12.3. The van der Waals surface area contributed by atoms with Crippen molar-refractivity contribution in [2.24, 2.45) is 4.99 Å². The van der Waals surface area contributed by atoms with E-state index in [4.69, 9.17) is 14.3 Å². The van der Waals surface area contributed by atoms with Gasteiger partial charge in [0.15, 0.2) is 5.96 Å². The summed E-state index contributed by atoms with van der Waals surface area (Å²) in [5.74, 6) is 1.04. The highest BCUT2D eigenvalue weighted by atomic mass is 16.5. The molecule has 3 heterocycles. The van der Waals surface area contributed by atoms with Crippen LogP contribution in [0.1, 0.15) is 12.6 Å². The maximum atomic E-state index is 5.40. The zero-order valence-corrected chi connectivity index (χ0v) is 15.2. The second kappa shape index (κ2) is 9.74. The van der Waals surface area contributed by atoms with Crippen molar-refractivity contribution in [2.75, 3.05) is 72.1 Å². The van der Waals surface area contributed by atoms with E-state index in [0.717, 1.165) is 90.3 Å². The van der Waals surface area contributed by atoms with Gasteiger partial charge in [0, 0.05) is 65.0 Å². The fourth-order valence-electron chi connectivity index (χ4n) is 3.21. The van der Waals surface area contributed by atoms with Crippen LogP contribution in [0.3, 0.4) is 0 Å². The van der Waals surface area contributed by atoms with Gasteiger partial charge in [-0.05, 0) is 6.92 Å². The molecule has 1 N–H and O–H groups in total. The van der Waals surface area contributed by atoms with Crippen molar-refractivity contribution in [3.63, 3.8) is 0 Å². The molecule has 1 aromatic heterocycles. The Morgan fingerprint density at radius 1 is 1.16 bits per heavy atom. The number of nitrogens with zero attached hydrogens (tertiary/aromatic N) is 5. The molecule has 0 aromatic carbocycles. The molecule has 2 aliphatic heterocycles. The van der Waals surface area contributed by atoms with Gasteiger partial charge >= 0.3 is 0 Å². The van der Waals surface area contributed by atoms with Crippen molar-refractivity contribution in [1.82, 2.24) is 25.2 Å². The third-order valence-electron chi connectivity index (χ3n) is 4.67. The Morgan fingerprint density at radius 3 is 2.64 bits per heavy atom. The molecule has 3 rings (SSSR count). The Bertz CT molecular complexity index is 507. The highest BCUT2D eigenvalue weighted by molar-refractivity contribution is 5.80. The van der Waals surface area contributed by atoms with Gasteiger partial charge in [-0.2, -0.15) is 0 Å². The minimum absolute atomic E-state index is 0.835. The number of piperazine rings is 1. The van der Waals surface area contributed by atoms with Crippen molar-refractivity contribution < 1.29 is 9.26 Å². The van der Waals surface area contributed by atoms with Crippen molar-refractivity contribution in [3.05, 3.63) is 18.0 Å². The van der Waals surface area contributed by atoms with Crippen LogP contribution in [0.5, 0.6) is 0 Å². The van der Waals surface area contributed by atoms with E-state index >= 15 is 0 Å². The van der Waals surface area contributed by atoms with Crippen molar-refractivity contribution >= 4 is 5.96 Å². The quantitative estimate of drug-likeness (QED) is 0.576. The summed E-state index contributed by atoms with van der Waals surface area (Å²) in [4.78, 5) is 12.0. The summed E-state index contributed by atoms with van der Waals surface area (Å²) in [5.41, 5.74) is 1.000. The van der Waals surface area contributed by atoms with Crippen molar-refractivity contribution in [2.45, 2.75) is 13.5 Å². The van der Waals surface area contributed by atoms with Gasteiger partial charge in [0.1, 0.15) is 6.26 Å². The summed E-state index contributed by atoms with van der Waals surface area (Å²) in [6.45, 7) is 13.5. The molecule has 0 bridgehead atoms. The molecule has 1 aromatic rings. The number of nitrogens with one attached hydrogen (secondary N) is 1. The minimum Gasteiger partial charge on any atom is -0.379 e. The predicted octanol–water partition coefficient (Wildman–Crippen LogP) is 0.0899. The molecule has 140 valence electrons. The van der Waals surface area contributed by atoms with Gasteiger partial charge in [-0.15, -0.1) is 0 Å². The van der Waals surface area contributed by atoms with Crippen LogP contribution >= 0.6 is 0 Å². The maximum absolute atomic E-state index is 5.40. The van der Waals surface area contributed by atoms with E-state index < -0.39 is 0 Å². The van der Waals surface area contributed by atoms with Crippen LogP contribution in [-0.2, 0) is 11.3 Å². The zero-order valence-electron chi connectivity index (χ0n) is 15.2. The average molecular weight is 350 g/mol. The van der Waals surface area contributed by atoms with Gasteiger partial charge in [0.05, 0.1) is 25.5 Å². The monoisotopic (exact) mass is 350 g/mol. The Labute approximate surface area is 149 Å². The van der Waals surface area contributed by atoms with Crippen LogP contribution < -0.4 is 5.32 Å². The fraction of sp³-hybridized carbons (Fsp3) is 0.765. The summed E-state index contributed by atoms with van der Waals surface area (Å²) >= 11 is 0. The van der Waals surface area contributed by atoms with Crippen LogP contribution in [0.2, 0.25) is 0 Å². The summed E-state index contributed by atoms with van der Waals surface area (Å²) in [6, 6.07) is 1.93. The molecule has 0 radical (unpaired) electrons. The number of hydrogen-bond acceptors (Lipinski definition) is 6. The Morgan fingerprint density at radius 2 is 1.96 bits per heavy atom. The molecular weight excluding hydrogens is 320 g/mol. The lowest BCUT2D eigenvalue weighted by atomic mass is 10.3. The largest absolute Gasteiger partial charge is 0.379 e. The molecule has 8 heteroatoms. The number of aromatic nitrogens is 1. The smallest absolute Gasteiger partial charge is 0.194 e. The normalized spacial score (nSPS) is 20.8. The van der Waals surface area contributed by atoms with E-state index in [9.17, 15) is 0 Å². The van der Waals surface area contributed by atoms with Crippen LogP contribution in [0.4, 0.5) is 0 Å². The summed E-state index contributed by atoms with van der Waals surface area (Å²) in [6.07, 6.45) is 1.63. The predicted molar refractivity (Wildman–Crippen MR) is 96.6 cm³/mol. The summed E-state index contributed by atoms with van der Waals surface area (Å²) in [5, 5.41) is 7.44. The number of rotatable bonds is 6. The molecule has 8 nitrogen and oxygen atoms in total. The third-order valence-corrected chi connectivity index (χ3v) is 4.67. The topological polar surface area (TPSA) is 69.4 Å². The first-order valence-corrected chi connectivity index (χ1v) is 9.30. The molecule has 0 atom stereocenters. The summed E-state index contributed by atoms with van der Waals surface area (Å²) < 4.78 is 10.3. The minimum atomic E-state index is 0.835. The van der Waals surface area contributed by atoms with Crippen molar-refractivity contribution in [1.29, 1.82) is 0 Å². The fourth-order valence-corrected chi connectivity index (χ4v) is 3.21. The lowest BCUT2D eigenvalue weighted by Crippen LogP contribution is -2.52. The first-order valence-electron chi connectivity index (χ1n) is 9.30. The second-order valence-electron chi connectivity index (χ2n) is 6.44. The SMILES string of the molecule is CCNC(=NCCN1CCOCC1)N1CCN(Cc2ccon2)CC1. The number of hydrogen-bond donors (Lipinski definition) is 1. The maximum Gasteiger partial charge on any atom is 0.194 e. The van der Waals surface area contributed by atoms with E-state index in [1.54, 1.807) is 6.26 Å². The van der Waals surface area contributed by atoms with Gasteiger partial charge in [-0.25, -0.2) is 0 Å². The number of guanidine groups is 1. The van der Waals surface area contributed by atoms with Crippen LogP contribution in [-0.4, -0.2) is 97.9 Å². The zero-order chi connectivity index (χ0) is 17.3. The molecule has 25 heavy (non-hydrogen) atoms. The number of morpholine rings is 1. The van der Waals surface area contributed by atoms with Crippen LogP contribution in [0.15, 0.2) is 21.8 Å². The average Bonchev–Trinajstić information content (AvgIpc) is 3.16. The van der Waals surface area contributed by atoms with E-state index in [1.165, 1.54) is 0 Å². The molecule has 2 fully saturated rings. The van der Waals surface area contributed by atoms with Crippen LogP contribution in [0.25, 0.3) is 0 Å². The molecule has 0 aliphatic carbocycles. The van der Waals surface area contributed by atoms with E-state index in [1.807, 2.05) is 6.07 Å². The van der Waals surface area contributed by atoms with E-state index in [0.29, 0.717) is 0 Å². The molecule has 0 amide bonds. The van der Waals surface area contributed by atoms with Crippen LogP contribution in [0, 0.1) is 0 Å². The molecule has 0 unspecified atom stereocenters. The number of aliphatic imine (C=N–C) groups is 1. The van der Waals surface area contributed by atoms with E-state index in [-0.39, 0.29) is 0 Å². The Hall–Kier alpha value is -1.64.